The van der Waals surface area contributed by atoms with Gasteiger partial charge in [-0.25, -0.2) is 4.39 Å². The number of halogens is 1. The molecule has 3 heteroatoms. The SMILES string of the molecule is Cc1cccc(C)c1OCCCC(CN)c1ccc(F)cc1. The Morgan fingerprint density at radius 3 is 2.27 bits per heavy atom. The molecule has 0 spiro atoms. The van der Waals surface area contributed by atoms with Crippen molar-refractivity contribution in [3.05, 3.63) is 65.0 Å². The van der Waals surface area contributed by atoms with E-state index in [0.29, 0.717) is 13.2 Å². The first-order valence-electron chi connectivity index (χ1n) is 7.76. The standard InChI is InChI=1S/C19H24FNO/c1-14-5-3-6-15(2)19(14)22-12-4-7-17(13-21)16-8-10-18(20)11-9-16/h3,5-6,8-11,17H,4,7,12-13,21H2,1-2H3. The van der Waals surface area contributed by atoms with Crippen molar-refractivity contribution in [1.82, 2.24) is 0 Å². The van der Waals surface area contributed by atoms with E-state index < -0.39 is 0 Å². The maximum atomic E-state index is 13.0. The van der Waals surface area contributed by atoms with Crippen LogP contribution >= 0.6 is 0 Å². The number of nitrogens with two attached hydrogens (primary N) is 1. The molecule has 2 aromatic carbocycles. The summed E-state index contributed by atoms with van der Waals surface area (Å²) in [5, 5.41) is 0. The number of aryl methyl sites for hydroxylation is 2. The summed E-state index contributed by atoms with van der Waals surface area (Å²) in [7, 11) is 0. The van der Waals surface area contributed by atoms with Gasteiger partial charge in [0.15, 0.2) is 0 Å². The molecule has 1 unspecified atom stereocenters. The Morgan fingerprint density at radius 1 is 1.05 bits per heavy atom. The smallest absolute Gasteiger partial charge is 0.125 e. The lowest BCUT2D eigenvalue weighted by molar-refractivity contribution is 0.298. The largest absolute Gasteiger partial charge is 0.493 e. The molecule has 0 aliphatic rings. The molecule has 0 amide bonds. The number of hydrogen-bond donors (Lipinski definition) is 1. The Labute approximate surface area is 132 Å². The third-order valence-electron chi connectivity index (χ3n) is 3.98. The van der Waals surface area contributed by atoms with E-state index in [9.17, 15) is 4.39 Å². The van der Waals surface area contributed by atoms with Gasteiger partial charge in [-0.2, -0.15) is 0 Å². The van der Waals surface area contributed by atoms with Gasteiger partial charge in [0.2, 0.25) is 0 Å². The van der Waals surface area contributed by atoms with Crippen LogP contribution in [0.15, 0.2) is 42.5 Å². The minimum absolute atomic E-state index is 0.210. The van der Waals surface area contributed by atoms with E-state index in [0.717, 1.165) is 35.3 Å². The Kier molecular flexibility index (Phi) is 5.96. The van der Waals surface area contributed by atoms with E-state index in [2.05, 4.69) is 26.0 Å². The number of rotatable bonds is 7. The molecule has 0 fully saturated rings. The molecule has 2 nitrogen and oxygen atoms in total. The van der Waals surface area contributed by atoms with E-state index in [4.69, 9.17) is 10.5 Å². The third kappa shape index (κ3) is 4.31. The topological polar surface area (TPSA) is 35.2 Å². The van der Waals surface area contributed by atoms with Crippen molar-refractivity contribution in [3.8, 4) is 5.75 Å². The third-order valence-corrected chi connectivity index (χ3v) is 3.98. The molecule has 0 saturated heterocycles. The second kappa shape index (κ2) is 7.95. The number of hydrogen-bond acceptors (Lipinski definition) is 2. The number of benzene rings is 2. The van der Waals surface area contributed by atoms with Crippen LogP contribution in [0.25, 0.3) is 0 Å². The zero-order chi connectivity index (χ0) is 15.9. The molecule has 0 radical (unpaired) electrons. The van der Waals surface area contributed by atoms with Crippen molar-refractivity contribution in [2.45, 2.75) is 32.6 Å². The second-order valence-corrected chi connectivity index (χ2v) is 5.70. The van der Waals surface area contributed by atoms with Crippen molar-refractivity contribution in [2.24, 2.45) is 5.73 Å². The first-order valence-corrected chi connectivity index (χ1v) is 7.76. The molecule has 22 heavy (non-hydrogen) atoms. The van der Waals surface area contributed by atoms with Gasteiger partial charge < -0.3 is 10.5 Å². The number of para-hydroxylation sites is 1. The van der Waals surface area contributed by atoms with E-state index in [-0.39, 0.29) is 11.7 Å². The summed E-state index contributed by atoms with van der Waals surface area (Å²) in [6.07, 6.45) is 1.86. The minimum atomic E-state index is -0.210. The lowest BCUT2D eigenvalue weighted by Crippen LogP contribution is -2.14. The Morgan fingerprint density at radius 2 is 1.68 bits per heavy atom. The normalized spacial score (nSPS) is 12.2. The quantitative estimate of drug-likeness (QED) is 0.772. The van der Waals surface area contributed by atoms with Crippen LogP contribution in [-0.2, 0) is 0 Å². The highest BCUT2D eigenvalue weighted by Crippen LogP contribution is 2.24. The van der Waals surface area contributed by atoms with E-state index in [1.54, 1.807) is 0 Å². The highest BCUT2D eigenvalue weighted by molar-refractivity contribution is 5.39. The van der Waals surface area contributed by atoms with Crippen LogP contribution in [0.4, 0.5) is 4.39 Å². The first kappa shape index (κ1) is 16.5. The summed E-state index contributed by atoms with van der Waals surface area (Å²) < 4.78 is 18.9. The molecule has 2 rings (SSSR count). The van der Waals surface area contributed by atoms with Crippen LogP contribution in [0.1, 0.15) is 35.4 Å². The summed E-state index contributed by atoms with van der Waals surface area (Å²) in [5.41, 5.74) is 9.27. The predicted octanol–water partition coefficient (Wildman–Crippen LogP) is 4.34. The van der Waals surface area contributed by atoms with Gasteiger partial charge in [0, 0.05) is 0 Å². The molecule has 2 N–H and O–H groups in total. The maximum Gasteiger partial charge on any atom is 0.125 e. The average molecular weight is 301 g/mol. The van der Waals surface area contributed by atoms with Crippen molar-refractivity contribution >= 4 is 0 Å². The predicted molar refractivity (Wildman–Crippen MR) is 88.8 cm³/mol. The van der Waals surface area contributed by atoms with Gasteiger partial charge in [0.1, 0.15) is 11.6 Å². The van der Waals surface area contributed by atoms with Crippen molar-refractivity contribution in [3.63, 3.8) is 0 Å². The fourth-order valence-corrected chi connectivity index (χ4v) is 2.69. The first-order chi connectivity index (χ1) is 10.6. The molecule has 2 aromatic rings. The fraction of sp³-hybridized carbons (Fsp3) is 0.368. The maximum absolute atomic E-state index is 13.0. The molecule has 0 bridgehead atoms. The molecule has 0 aliphatic heterocycles. The highest BCUT2D eigenvalue weighted by atomic mass is 19.1. The minimum Gasteiger partial charge on any atom is -0.493 e. The zero-order valence-corrected chi connectivity index (χ0v) is 13.3. The average Bonchev–Trinajstić information content (AvgIpc) is 2.51. The van der Waals surface area contributed by atoms with Gasteiger partial charge in [-0.1, -0.05) is 30.3 Å². The van der Waals surface area contributed by atoms with E-state index >= 15 is 0 Å². The van der Waals surface area contributed by atoms with Gasteiger partial charge >= 0.3 is 0 Å². The van der Waals surface area contributed by atoms with E-state index in [1.807, 2.05) is 18.2 Å². The van der Waals surface area contributed by atoms with Crippen LogP contribution < -0.4 is 10.5 Å². The second-order valence-electron chi connectivity index (χ2n) is 5.70. The molecule has 118 valence electrons. The lowest BCUT2D eigenvalue weighted by Gasteiger charge is -2.16. The van der Waals surface area contributed by atoms with Crippen molar-refractivity contribution in [1.29, 1.82) is 0 Å². The van der Waals surface area contributed by atoms with Crippen molar-refractivity contribution in [2.75, 3.05) is 13.2 Å². The van der Waals surface area contributed by atoms with Gasteiger partial charge in [0.25, 0.3) is 0 Å². The summed E-state index contributed by atoms with van der Waals surface area (Å²) in [5.74, 6) is 1.02. The van der Waals surface area contributed by atoms with Gasteiger partial charge in [-0.3, -0.25) is 0 Å². The number of ether oxygens (including phenoxy) is 1. The molecular weight excluding hydrogens is 277 g/mol. The van der Waals surface area contributed by atoms with E-state index in [1.165, 1.54) is 12.1 Å². The van der Waals surface area contributed by atoms with Crippen LogP contribution in [0.5, 0.6) is 5.75 Å². The molecule has 0 saturated carbocycles. The highest BCUT2D eigenvalue weighted by Gasteiger charge is 2.10. The van der Waals surface area contributed by atoms with Crippen molar-refractivity contribution < 1.29 is 9.13 Å². The van der Waals surface area contributed by atoms with Crippen LogP contribution in [-0.4, -0.2) is 13.2 Å². The Bertz CT molecular complexity index is 575. The zero-order valence-electron chi connectivity index (χ0n) is 13.3. The molecule has 0 aliphatic carbocycles. The molecular formula is C19H24FNO. The Balaban J connectivity index is 1.85. The van der Waals surface area contributed by atoms with Gasteiger partial charge in [-0.15, -0.1) is 0 Å². The summed E-state index contributed by atoms with van der Waals surface area (Å²) in [6, 6.07) is 12.8. The Hall–Kier alpha value is -1.87. The van der Waals surface area contributed by atoms with Gasteiger partial charge in [0.05, 0.1) is 6.61 Å². The fourth-order valence-electron chi connectivity index (χ4n) is 2.69. The summed E-state index contributed by atoms with van der Waals surface area (Å²) in [6.45, 7) is 5.35. The van der Waals surface area contributed by atoms with Crippen LogP contribution in [0.3, 0.4) is 0 Å². The lowest BCUT2D eigenvalue weighted by atomic mass is 9.94. The van der Waals surface area contributed by atoms with Gasteiger partial charge in [-0.05, 0) is 68.0 Å². The molecule has 0 heterocycles. The van der Waals surface area contributed by atoms with Crippen LogP contribution in [0, 0.1) is 19.7 Å². The summed E-state index contributed by atoms with van der Waals surface area (Å²) >= 11 is 0. The monoisotopic (exact) mass is 301 g/mol. The van der Waals surface area contributed by atoms with Crippen LogP contribution in [0.2, 0.25) is 0 Å². The molecule has 0 aromatic heterocycles. The summed E-state index contributed by atoms with van der Waals surface area (Å²) in [4.78, 5) is 0. The molecule has 1 atom stereocenters.